The first-order valence-corrected chi connectivity index (χ1v) is 7.59. The van der Waals surface area contributed by atoms with Crippen LogP contribution in [-0.2, 0) is 4.79 Å². The number of ether oxygens (including phenoxy) is 1. The summed E-state index contributed by atoms with van der Waals surface area (Å²) in [6.07, 6.45) is 0.319. The van der Waals surface area contributed by atoms with Crippen LogP contribution in [0, 0.1) is 13.8 Å². The first-order chi connectivity index (χ1) is 10.0. The van der Waals surface area contributed by atoms with Crippen LogP contribution in [0.5, 0.6) is 5.75 Å². The minimum Gasteiger partial charge on any atom is -0.493 e. The highest BCUT2D eigenvalue weighted by Gasteiger charge is 2.05. The molecule has 1 amide bonds. The molecule has 0 atom stereocenters. The number of hydrogen-bond donors (Lipinski definition) is 1. The van der Waals surface area contributed by atoms with E-state index in [4.69, 9.17) is 4.74 Å². The standard InChI is InChI=1S/C17H18BrNO2/c1-12-6-7-13(2)16(10-12)21-9-8-17(20)19-15-5-3-4-14(18)11-15/h3-7,10-11H,8-9H2,1-2H3,(H,19,20). The maximum absolute atomic E-state index is 11.9. The van der Waals surface area contributed by atoms with Gasteiger partial charge in [0.15, 0.2) is 0 Å². The topological polar surface area (TPSA) is 38.3 Å². The van der Waals surface area contributed by atoms with Crippen LogP contribution in [0.3, 0.4) is 0 Å². The van der Waals surface area contributed by atoms with E-state index in [0.29, 0.717) is 13.0 Å². The molecule has 0 fully saturated rings. The zero-order chi connectivity index (χ0) is 15.2. The number of anilines is 1. The van der Waals surface area contributed by atoms with Crippen molar-refractivity contribution in [2.45, 2.75) is 20.3 Å². The molecule has 3 nitrogen and oxygen atoms in total. The molecule has 0 heterocycles. The Morgan fingerprint density at radius 3 is 2.76 bits per heavy atom. The number of hydrogen-bond acceptors (Lipinski definition) is 2. The van der Waals surface area contributed by atoms with Gasteiger partial charge in [0.25, 0.3) is 0 Å². The van der Waals surface area contributed by atoms with Gasteiger partial charge in [-0.05, 0) is 49.2 Å². The van der Waals surface area contributed by atoms with Crippen molar-refractivity contribution >= 4 is 27.5 Å². The molecule has 0 radical (unpaired) electrons. The summed E-state index contributed by atoms with van der Waals surface area (Å²) in [6.45, 7) is 4.38. The SMILES string of the molecule is Cc1ccc(C)c(OCCC(=O)Nc2cccc(Br)c2)c1. The van der Waals surface area contributed by atoms with Gasteiger partial charge in [-0.3, -0.25) is 4.79 Å². The smallest absolute Gasteiger partial charge is 0.227 e. The van der Waals surface area contributed by atoms with Gasteiger partial charge in [-0.25, -0.2) is 0 Å². The van der Waals surface area contributed by atoms with Crippen LogP contribution in [0.25, 0.3) is 0 Å². The third kappa shape index (κ3) is 4.90. The second-order valence-corrected chi connectivity index (χ2v) is 5.84. The van der Waals surface area contributed by atoms with Crippen molar-refractivity contribution in [1.82, 2.24) is 0 Å². The van der Waals surface area contributed by atoms with Crippen molar-refractivity contribution in [3.05, 3.63) is 58.1 Å². The highest BCUT2D eigenvalue weighted by molar-refractivity contribution is 9.10. The highest BCUT2D eigenvalue weighted by atomic mass is 79.9. The maximum Gasteiger partial charge on any atom is 0.227 e. The Morgan fingerprint density at radius 2 is 2.00 bits per heavy atom. The third-order valence-corrected chi connectivity index (χ3v) is 3.53. The van der Waals surface area contributed by atoms with Gasteiger partial charge in [-0.15, -0.1) is 0 Å². The summed E-state index contributed by atoms with van der Waals surface area (Å²) < 4.78 is 6.62. The Kier molecular flexibility index (Phi) is 5.39. The van der Waals surface area contributed by atoms with Crippen molar-refractivity contribution in [2.24, 2.45) is 0 Å². The van der Waals surface area contributed by atoms with E-state index in [9.17, 15) is 4.79 Å². The van der Waals surface area contributed by atoms with Gasteiger partial charge in [-0.1, -0.05) is 34.1 Å². The van der Waals surface area contributed by atoms with E-state index in [1.807, 2.05) is 56.3 Å². The summed E-state index contributed by atoms with van der Waals surface area (Å²) in [5, 5.41) is 2.85. The molecule has 0 aliphatic heterocycles. The largest absolute Gasteiger partial charge is 0.493 e. The molecule has 0 bridgehead atoms. The lowest BCUT2D eigenvalue weighted by atomic mass is 10.1. The number of carbonyl (C=O) groups excluding carboxylic acids is 1. The molecule has 0 aliphatic carbocycles. The van der Waals surface area contributed by atoms with E-state index in [-0.39, 0.29) is 5.91 Å². The molecule has 0 aliphatic rings. The van der Waals surface area contributed by atoms with Gasteiger partial charge < -0.3 is 10.1 Å². The Bertz CT molecular complexity index is 640. The normalized spacial score (nSPS) is 10.2. The lowest BCUT2D eigenvalue weighted by Crippen LogP contribution is -2.15. The molecule has 2 rings (SSSR count). The molecule has 2 aromatic rings. The third-order valence-electron chi connectivity index (χ3n) is 3.04. The number of carbonyl (C=O) groups is 1. The Morgan fingerprint density at radius 1 is 1.19 bits per heavy atom. The van der Waals surface area contributed by atoms with E-state index >= 15 is 0 Å². The first-order valence-electron chi connectivity index (χ1n) is 6.80. The highest BCUT2D eigenvalue weighted by Crippen LogP contribution is 2.19. The molecule has 0 saturated carbocycles. The molecule has 4 heteroatoms. The summed E-state index contributed by atoms with van der Waals surface area (Å²) in [7, 11) is 0. The average molecular weight is 348 g/mol. The number of halogens is 1. The number of rotatable bonds is 5. The summed E-state index contributed by atoms with van der Waals surface area (Å²) in [4.78, 5) is 11.9. The van der Waals surface area contributed by atoms with Gasteiger partial charge in [0.1, 0.15) is 5.75 Å². The van der Waals surface area contributed by atoms with Crippen LogP contribution in [0.2, 0.25) is 0 Å². The van der Waals surface area contributed by atoms with Crippen LogP contribution in [0.1, 0.15) is 17.5 Å². The van der Waals surface area contributed by atoms with E-state index in [1.165, 1.54) is 0 Å². The van der Waals surface area contributed by atoms with Gasteiger partial charge in [-0.2, -0.15) is 0 Å². The molecule has 1 N–H and O–H groups in total. The number of nitrogens with one attached hydrogen (secondary N) is 1. The lowest BCUT2D eigenvalue weighted by molar-refractivity contribution is -0.116. The fourth-order valence-corrected chi connectivity index (χ4v) is 2.31. The number of aryl methyl sites for hydroxylation is 2. The van der Waals surface area contributed by atoms with E-state index in [0.717, 1.165) is 27.0 Å². The quantitative estimate of drug-likeness (QED) is 0.866. The molecular formula is C17H18BrNO2. The fraction of sp³-hybridized carbons (Fsp3) is 0.235. The van der Waals surface area contributed by atoms with E-state index in [1.54, 1.807) is 0 Å². The number of benzene rings is 2. The number of amides is 1. The molecule has 0 unspecified atom stereocenters. The van der Waals surface area contributed by atoms with Crippen molar-refractivity contribution in [3.8, 4) is 5.75 Å². The fourth-order valence-electron chi connectivity index (χ4n) is 1.91. The van der Waals surface area contributed by atoms with E-state index in [2.05, 4.69) is 21.2 Å². The average Bonchev–Trinajstić information content (AvgIpc) is 2.42. The monoisotopic (exact) mass is 347 g/mol. The van der Waals surface area contributed by atoms with Crippen LogP contribution < -0.4 is 10.1 Å². The van der Waals surface area contributed by atoms with Crippen molar-refractivity contribution in [2.75, 3.05) is 11.9 Å². The minimum atomic E-state index is -0.0570. The summed E-state index contributed by atoms with van der Waals surface area (Å²) in [5.41, 5.74) is 3.00. The minimum absolute atomic E-state index is 0.0570. The lowest BCUT2D eigenvalue weighted by Gasteiger charge is -2.10. The summed E-state index contributed by atoms with van der Waals surface area (Å²) in [6, 6.07) is 13.6. The first kappa shape index (κ1) is 15.6. The predicted molar refractivity (Wildman–Crippen MR) is 88.8 cm³/mol. The van der Waals surface area contributed by atoms with Crippen molar-refractivity contribution < 1.29 is 9.53 Å². The maximum atomic E-state index is 11.9. The molecule has 21 heavy (non-hydrogen) atoms. The molecule has 110 valence electrons. The second-order valence-electron chi connectivity index (χ2n) is 4.93. The Labute approximate surface area is 133 Å². The summed E-state index contributed by atoms with van der Waals surface area (Å²) in [5.74, 6) is 0.781. The molecule has 0 spiro atoms. The van der Waals surface area contributed by atoms with Crippen molar-refractivity contribution in [1.29, 1.82) is 0 Å². The molecule has 0 saturated heterocycles. The zero-order valence-electron chi connectivity index (χ0n) is 12.2. The van der Waals surface area contributed by atoms with Crippen LogP contribution in [0.15, 0.2) is 46.9 Å². The van der Waals surface area contributed by atoms with Gasteiger partial charge in [0.2, 0.25) is 5.91 Å². The van der Waals surface area contributed by atoms with Gasteiger partial charge >= 0.3 is 0 Å². The second kappa shape index (κ2) is 7.27. The van der Waals surface area contributed by atoms with Gasteiger partial charge in [0.05, 0.1) is 13.0 Å². The molecular weight excluding hydrogens is 330 g/mol. The van der Waals surface area contributed by atoms with Gasteiger partial charge in [0, 0.05) is 10.2 Å². The van der Waals surface area contributed by atoms with Crippen LogP contribution >= 0.6 is 15.9 Å². The Balaban J connectivity index is 1.83. The molecule has 2 aromatic carbocycles. The van der Waals surface area contributed by atoms with E-state index < -0.39 is 0 Å². The predicted octanol–water partition coefficient (Wildman–Crippen LogP) is 4.47. The van der Waals surface area contributed by atoms with Crippen molar-refractivity contribution in [3.63, 3.8) is 0 Å². The Hall–Kier alpha value is -1.81. The molecule has 0 aromatic heterocycles. The summed E-state index contributed by atoms with van der Waals surface area (Å²) >= 11 is 3.37. The van der Waals surface area contributed by atoms with Crippen LogP contribution in [-0.4, -0.2) is 12.5 Å². The zero-order valence-corrected chi connectivity index (χ0v) is 13.7. The van der Waals surface area contributed by atoms with Crippen LogP contribution in [0.4, 0.5) is 5.69 Å².